The molecule has 2 N–H and O–H groups in total. The first-order valence-electron chi connectivity index (χ1n) is 9.40. The molecule has 1 aromatic rings. The van der Waals surface area contributed by atoms with Crippen LogP contribution in [0.2, 0.25) is 0 Å². The van der Waals surface area contributed by atoms with Gasteiger partial charge in [0.05, 0.1) is 5.69 Å². The molecule has 1 heterocycles. The highest BCUT2D eigenvalue weighted by Crippen LogP contribution is 2.31. The number of nitrogens with zero attached hydrogens (tertiary/aromatic N) is 1. The van der Waals surface area contributed by atoms with Gasteiger partial charge in [-0.3, -0.25) is 19.3 Å². The summed E-state index contributed by atoms with van der Waals surface area (Å²) in [5.41, 5.74) is 0.510. The molecule has 1 fully saturated rings. The van der Waals surface area contributed by atoms with E-state index >= 15 is 0 Å². The number of carbonyl (C=O) groups is 3. The highest BCUT2D eigenvalue weighted by Gasteiger charge is 2.26. The fourth-order valence-corrected chi connectivity index (χ4v) is 3.19. The number of rotatable bonds is 5. The van der Waals surface area contributed by atoms with Crippen molar-refractivity contribution in [2.75, 3.05) is 18.1 Å². The summed E-state index contributed by atoms with van der Waals surface area (Å²) in [6.07, 6.45) is 5.61. The van der Waals surface area contributed by atoms with Crippen LogP contribution < -0.4 is 15.0 Å². The van der Waals surface area contributed by atoms with Gasteiger partial charge in [-0.1, -0.05) is 38.8 Å². The fourth-order valence-electron chi connectivity index (χ4n) is 3.19. The van der Waals surface area contributed by atoms with Crippen molar-refractivity contribution in [2.24, 2.45) is 5.92 Å². The van der Waals surface area contributed by atoms with Crippen molar-refractivity contribution in [3.05, 3.63) is 24.3 Å². The van der Waals surface area contributed by atoms with E-state index in [0.29, 0.717) is 29.8 Å². The van der Waals surface area contributed by atoms with Crippen molar-refractivity contribution < 1.29 is 24.2 Å². The van der Waals surface area contributed by atoms with Crippen molar-refractivity contribution in [1.29, 1.82) is 0 Å². The number of amides is 2. The summed E-state index contributed by atoms with van der Waals surface area (Å²) in [6.45, 7) is 3.71. The van der Waals surface area contributed by atoms with Crippen LogP contribution >= 0.6 is 0 Å². The molecule has 2 amide bonds. The average molecular weight is 376 g/mol. The van der Waals surface area contributed by atoms with Gasteiger partial charge in [0.1, 0.15) is 12.3 Å². The minimum atomic E-state index is -1.04. The van der Waals surface area contributed by atoms with Crippen LogP contribution in [0.15, 0.2) is 24.3 Å². The lowest BCUT2D eigenvalue weighted by molar-refractivity contribution is -0.137. The van der Waals surface area contributed by atoms with E-state index in [2.05, 4.69) is 19.2 Å². The van der Waals surface area contributed by atoms with E-state index < -0.39 is 5.97 Å². The van der Waals surface area contributed by atoms with Crippen LogP contribution in [0.1, 0.15) is 46.0 Å². The van der Waals surface area contributed by atoms with Gasteiger partial charge in [-0.2, -0.15) is 0 Å². The van der Waals surface area contributed by atoms with E-state index in [1.54, 1.807) is 24.3 Å². The molecule has 0 radical (unpaired) electrons. The molecule has 148 valence electrons. The van der Waals surface area contributed by atoms with Crippen LogP contribution in [0, 0.1) is 5.92 Å². The zero-order valence-corrected chi connectivity index (χ0v) is 15.9. The van der Waals surface area contributed by atoms with Crippen LogP contribution in [0.3, 0.4) is 0 Å². The topological polar surface area (TPSA) is 95.9 Å². The second-order valence-corrected chi connectivity index (χ2v) is 7.28. The first kappa shape index (κ1) is 20.7. The van der Waals surface area contributed by atoms with E-state index in [0.717, 1.165) is 0 Å². The van der Waals surface area contributed by atoms with Crippen LogP contribution in [-0.4, -0.2) is 42.1 Å². The minimum Gasteiger partial charge on any atom is -0.482 e. The number of fused-ring (bicyclic) bond motifs is 1. The Labute approximate surface area is 159 Å². The Morgan fingerprint density at radius 1 is 1.26 bits per heavy atom. The van der Waals surface area contributed by atoms with Crippen molar-refractivity contribution >= 4 is 23.5 Å². The lowest BCUT2D eigenvalue weighted by atomic mass is 10.1. The predicted octanol–water partition coefficient (Wildman–Crippen LogP) is 2.59. The predicted molar refractivity (Wildman–Crippen MR) is 102 cm³/mol. The lowest BCUT2D eigenvalue weighted by Crippen LogP contribution is -2.41. The summed E-state index contributed by atoms with van der Waals surface area (Å²) in [7, 11) is 0. The fraction of sp³-hybridized carbons (Fsp3) is 0.550. The number of aliphatic carboxylic acids is 1. The number of carboxylic acids is 1. The standard InChI is InChI=1S/C10H9NO4.C10H19NO/c12-9-6-15-8-4-2-1-3-7(8)11(9)5-10(13)14;1-8(2)7-10(12)11-9-5-3-4-6-9/h1-4H,5-6H2,(H,13,14);8-9H,3-7H2,1-2H3,(H,11,12). The van der Waals surface area contributed by atoms with Gasteiger partial charge in [0.15, 0.2) is 6.61 Å². The second kappa shape index (κ2) is 9.94. The number of hydrogen-bond acceptors (Lipinski definition) is 4. The summed E-state index contributed by atoms with van der Waals surface area (Å²) < 4.78 is 5.16. The van der Waals surface area contributed by atoms with Gasteiger partial charge in [0.25, 0.3) is 5.91 Å². The maximum Gasteiger partial charge on any atom is 0.323 e. The third-order valence-electron chi connectivity index (χ3n) is 4.42. The summed E-state index contributed by atoms with van der Waals surface area (Å²) in [6, 6.07) is 7.35. The molecule has 0 aromatic heterocycles. The summed E-state index contributed by atoms with van der Waals surface area (Å²) in [5.74, 6) is -0.127. The van der Waals surface area contributed by atoms with E-state index in [-0.39, 0.29) is 25.0 Å². The van der Waals surface area contributed by atoms with Gasteiger partial charge in [0, 0.05) is 12.5 Å². The number of carboxylic acid groups (broad SMARTS) is 1. The zero-order chi connectivity index (χ0) is 19.8. The van der Waals surface area contributed by atoms with E-state index in [9.17, 15) is 14.4 Å². The van der Waals surface area contributed by atoms with Crippen LogP contribution in [0.4, 0.5) is 5.69 Å². The molecule has 7 heteroatoms. The Kier molecular flexibility index (Phi) is 7.64. The molecule has 0 atom stereocenters. The van der Waals surface area contributed by atoms with Crippen molar-refractivity contribution in [3.8, 4) is 5.75 Å². The minimum absolute atomic E-state index is 0.107. The van der Waals surface area contributed by atoms with Crippen molar-refractivity contribution in [3.63, 3.8) is 0 Å². The normalized spacial score (nSPS) is 16.3. The number of benzene rings is 1. The first-order valence-corrected chi connectivity index (χ1v) is 9.40. The maximum absolute atomic E-state index is 11.4. The molecule has 0 unspecified atom stereocenters. The average Bonchev–Trinajstić information content (AvgIpc) is 3.10. The smallest absolute Gasteiger partial charge is 0.323 e. The Bertz CT molecular complexity index is 668. The maximum atomic E-state index is 11.4. The van der Waals surface area contributed by atoms with Crippen LogP contribution in [0.25, 0.3) is 0 Å². The Hall–Kier alpha value is -2.57. The first-order chi connectivity index (χ1) is 12.9. The highest BCUT2D eigenvalue weighted by atomic mass is 16.5. The molecule has 0 spiro atoms. The molecule has 1 aliphatic heterocycles. The summed E-state index contributed by atoms with van der Waals surface area (Å²) in [4.78, 5) is 34.5. The van der Waals surface area contributed by atoms with Gasteiger partial charge in [-0.05, 0) is 30.9 Å². The molecule has 1 aromatic carbocycles. The molecule has 1 aliphatic carbocycles. The molecule has 3 rings (SSSR count). The van der Waals surface area contributed by atoms with Crippen molar-refractivity contribution in [2.45, 2.75) is 52.0 Å². The third-order valence-corrected chi connectivity index (χ3v) is 4.42. The Morgan fingerprint density at radius 2 is 1.93 bits per heavy atom. The molecule has 2 aliphatic rings. The number of para-hydroxylation sites is 2. The van der Waals surface area contributed by atoms with Gasteiger partial charge in [-0.15, -0.1) is 0 Å². The Morgan fingerprint density at radius 3 is 2.56 bits per heavy atom. The van der Waals surface area contributed by atoms with E-state index in [1.807, 2.05) is 0 Å². The quantitative estimate of drug-likeness (QED) is 0.823. The summed E-state index contributed by atoms with van der Waals surface area (Å²) in [5, 5.41) is 11.7. The molecule has 0 bridgehead atoms. The number of carbonyl (C=O) groups excluding carboxylic acids is 2. The van der Waals surface area contributed by atoms with Gasteiger partial charge in [0.2, 0.25) is 5.91 Å². The van der Waals surface area contributed by atoms with Gasteiger partial charge in [-0.25, -0.2) is 0 Å². The van der Waals surface area contributed by atoms with Crippen LogP contribution in [-0.2, 0) is 14.4 Å². The third kappa shape index (κ3) is 6.58. The second-order valence-electron chi connectivity index (χ2n) is 7.28. The zero-order valence-electron chi connectivity index (χ0n) is 15.9. The lowest BCUT2D eigenvalue weighted by Gasteiger charge is -2.27. The molecule has 1 saturated carbocycles. The Balaban J connectivity index is 0.000000199. The summed E-state index contributed by atoms with van der Waals surface area (Å²) >= 11 is 0. The van der Waals surface area contributed by atoms with Crippen LogP contribution in [0.5, 0.6) is 5.75 Å². The molecular formula is C20H28N2O5. The van der Waals surface area contributed by atoms with E-state index in [4.69, 9.17) is 9.84 Å². The van der Waals surface area contributed by atoms with Crippen molar-refractivity contribution in [1.82, 2.24) is 5.32 Å². The SMILES string of the molecule is CC(C)CC(=O)NC1CCCC1.O=C(O)CN1C(=O)COc2ccccc21. The number of anilines is 1. The van der Waals surface area contributed by atoms with Gasteiger partial charge < -0.3 is 15.2 Å². The monoisotopic (exact) mass is 376 g/mol. The van der Waals surface area contributed by atoms with Gasteiger partial charge >= 0.3 is 5.97 Å². The number of nitrogens with one attached hydrogen (secondary N) is 1. The molecule has 7 nitrogen and oxygen atoms in total. The molecular weight excluding hydrogens is 348 g/mol. The number of hydrogen-bond donors (Lipinski definition) is 2. The molecule has 27 heavy (non-hydrogen) atoms. The largest absolute Gasteiger partial charge is 0.482 e. The van der Waals surface area contributed by atoms with E-state index in [1.165, 1.54) is 30.6 Å². The molecule has 0 saturated heterocycles. The highest BCUT2D eigenvalue weighted by molar-refractivity contribution is 6.01. The number of ether oxygens (including phenoxy) is 1.